The molecule has 0 spiro atoms. The zero-order valence-electron chi connectivity index (χ0n) is 16.3. The van der Waals surface area contributed by atoms with Crippen molar-refractivity contribution in [2.45, 2.75) is 20.8 Å². The monoisotopic (exact) mass is 414 g/mol. The Kier molecular flexibility index (Phi) is 4.49. The van der Waals surface area contributed by atoms with Gasteiger partial charge in [-0.05, 0) is 26.3 Å². The summed E-state index contributed by atoms with van der Waals surface area (Å²) in [6.45, 7) is 6.96. The highest BCUT2D eigenvalue weighted by Gasteiger charge is 2.26. The number of amides is 1. The predicted molar refractivity (Wildman–Crippen MR) is 107 cm³/mol. The summed E-state index contributed by atoms with van der Waals surface area (Å²) in [5.41, 5.74) is 1.17. The van der Waals surface area contributed by atoms with Gasteiger partial charge in [0.2, 0.25) is 11.5 Å². The lowest BCUT2D eigenvalue weighted by Gasteiger charge is -2.17. The van der Waals surface area contributed by atoms with Crippen LogP contribution in [0.3, 0.4) is 0 Å². The summed E-state index contributed by atoms with van der Waals surface area (Å²) in [5, 5.41) is 20.5. The smallest absolute Gasteiger partial charge is 0.318 e. The van der Waals surface area contributed by atoms with Crippen molar-refractivity contribution in [3.8, 4) is 11.5 Å². The van der Waals surface area contributed by atoms with Crippen LogP contribution < -0.4 is 0 Å². The van der Waals surface area contributed by atoms with Crippen LogP contribution >= 0.6 is 11.3 Å². The first kappa shape index (κ1) is 18.9. The van der Waals surface area contributed by atoms with Gasteiger partial charge in [-0.1, -0.05) is 0 Å². The van der Waals surface area contributed by atoms with Crippen molar-refractivity contribution in [2.75, 3.05) is 13.1 Å². The maximum atomic E-state index is 12.9. The van der Waals surface area contributed by atoms with E-state index < -0.39 is 4.92 Å². The van der Waals surface area contributed by atoms with Crippen molar-refractivity contribution in [2.24, 2.45) is 7.05 Å². The van der Waals surface area contributed by atoms with E-state index in [0.29, 0.717) is 33.8 Å². The fourth-order valence-corrected chi connectivity index (χ4v) is 4.37. The molecule has 0 saturated heterocycles. The number of aryl methyl sites for hydroxylation is 2. The Morgan fingerprint density at radius 3 is 2.69 bits per heavy atom. The Hall–Kier alpha value is -3.41. The number of hydrogen-bond donors (Lipinski definition) is 0. The minimum absolute atomic E-state index is 0.0475. The summed E-state index contributed by atoms with van der Waals surface area (Å²) in [6, 6.07) is 0. The number of nitrogens with zero attached hydrogens (tertiary/aromatic N) is 8. The van der Waals surface area contributed by atoms with Gasteiger partial charge in [0.05, 0.1) is 15.2 Å². The maximum Gasteiger partial charge on any atom is 0.318 e. The highest BCUT2D eigenvalue weighted by atomic mass is 32.1. The molecule has 0 aliphatic rings. The van der Waals surface area contributed by atoms with Crippen LogP contribution in [0.5, 0.6) is 0 Å². The molecular weight excluding hydrogens is 396 g/mol. The quantitative estimate of drug-likeness (QED) is 0.363. The van der Waals surface area contributed by atoms with Crippen LogP contribution in [0.2, 0.25) is 0 Å². The number of fused-ring (bicyclic) bond motifs is 3. The Morgan fingerprint density at radius 1 is 1.31 bits per heavy atom. The van der Waals surface area contributed by atoms with Gasteiger partial charge in [-0.3, -0.25) is 19.6 Å². The molecule has 4 heterocycles. The van der Waals surface area contributed by atoms with Gasteiger partial charge in [-0.25, -0.2) is 14.5 Å². The van der Waals surface area contributed by atoms with E-state index in [1.165, 1.54) is 33.1 Å². The molecule has 0 unspecified atom stereocenters. The van der Waals surface area contributed by atoms with Crippen LogP contribution in [0.25, 0.3) is 27.4 Å². The third kappa shape index (κ3) is 2.92. The van der Waals surface area contributed by atoms with Crippen LogP contribution in [0, 0.1) is 17.0 Å². The Bertz CT molecular complexity index is 1270. The molecule has 0 N–H and O–H groups in total. The number of aromatic nitrogens is 6. The van der Waals surface area contributed by atoms with Crippen molar-refractivity contribution < 1.29 is 9.72 Å². The minimum atomic E-state index is -0.515. The molecular formula is C17H18N8O3S. The summed E-state index contributed by atoms with van der Waals surface area (Å²) >= 11 is 1.31. The average Bonchev–Trinajstić information content (AvgIpc) is 3.37. The second-order valence-electron chi connectivity index (χ2n) is 6.46. The van der Waals surface area contributed by atoms with Crippen molar-refractivity contribution in [1.82, 2.24) is 34.3 Å². The number of rotatable bonds is 5. The first-order valence-corrected chi connectivity index (χ1v) is 9.79. The first-order valence-electron chi connectivity index (χ1n) is 8.97. The molecule has 0 aliphatic heterocycles. The van der Waals surface area contributed by atoms with E-state index in [0.717, 1.165) is 5.56 Å². The second-order valence-corrected chi connectivity index (χ2v) is 7.45. The van der Waals surface area contributed by atoms with Crippen LogP contribution in [-0.2, 0) is 7.05 Å². The molecule has 4 aromatic rings. The molecule has 0 bridgehead atoms. The summed E-state index contributed by atoms with van der Waals surface area (Å²) in [5.74, 6) is 0.0857. The van der Waals surface area contributed by atoms with E-state index >= 15 is 0 Å². The van der Waals surface area contributed by atoms with E-state index in [4.69, 9.17) is 0 Å². The highest BCUT2D eigenvalue weighted by Crippen LogP contribution is 2.34. The zero-order valence-corrected chi connectivity index (χ0v) is 17.1. The standard InChI is InChI=1S/C17H18N8O3S/c1-5-23(6-2)17(26)13-9(3)11-15-19-14(21-24(15)8-18-16(11)29-13)12-10(25(27)28)7-22(4)20-12/h7-8H,5-6H2,1-4H3. The van der Waals surface area contributed by atoms with Gasteiger partial charge in [0.1, 0.15) is 17.4 Å². The fourth-order valence-electron chi connectivity index (χ4n) is 3.26. The average molecular weight is 414 g/mol. The van der Waals surface area contributed by atoms with E-state index in [1.54, 1.807) is 11.9 Å². The maximum absolute atomic E-state index is 12.9. The molecule has 1 amide bonds. The van der Waals surface area contributed by atoms with E-state index in [9.17, 15) is 14.9 Å². The largest absolute Gasteiger partial charge is 0.338 e. The summed E-state index contributed by atoms with van der Waals surface area (Å²) in [4.78, 5) is 35.6. The molecule has 11 nitrogen and oxygen atoms in total. The molecule has 0 fully saturated rings. The molecule has 0 aromatic carbocycles. The number of thiophene rings is 1. The molecule has 0 aliphatic carbocycles. The van der Waals surface area contributed by atoms with Gasteiger partial charge >= 0.3 is 5.69 Å². The Morgan fingerprint density at radius 2 is 2.03 bits per heavy atom. The first-order chi connectivity index (χ1) is 13.8. The number of nitro groups is 1. The molecule has 0 radical (unpaired) electrons. The lowest BCUT2D eigenvalue weighted by atomic mass is 10.2. The van der Waals surface area contributed by atoms with Crippen molar-refractivity contribution in [3.63, 3.8) is 0 Å². The summed E-state index contributed by atoms with van der Waals surface area (Å²) < 4.78 is 2.81. The normalized spacial score (nSPS) is 11.4. The number of hydrogen-bond acceptors (Lipinski definition) is 8. The lowest BCUT2D eigenvalue weighted by molar-refractivity contribution is -0.384. The summed E-state index contributed by atoms with van der Waals surface area (Å²) in [6.07, 6.45) is 2.80. The third-order valence-electron chi connectivity index (χ3n) is 4.73. The van der Waals surface area contributed by atoms with Gasteiger partial charge in [0.15, 0.2) is 5.65 Å². The van der Waals surface area contributed by atoms with Gasteiger partial charge in [0.25, 0.3) is 5.91 Å². The molecule has 150 valence electrons. The molecule has 4 aromatic heterocycles. The highest BCUT2D eigenvalue weighted by molar-refractivity contribution is 7.20. The molecule has 0 saturated carbocycles. The Labute approximate surface area is 168 Å². The number of carbonyl (C=O) groups excluding carboxylic acids is 1. The van der Waals surface area contributed by atoms with Crippen LogP contribution in [0.15, 0.2) is 12.5 Å². The molecule has 29 heavy (non-hydrogen) atoms. The molecule has 4 rings (SSSR count). The Balaban J connectivity index is 1.91. The van der Waals surface area contributed by atoms with Gasteiger partial charge < -0.3 is 4.90 Å². The van der Waals surface area contributed by atoms with Crippen molar-refractivity contribution in [1.29, 1.82) is 0 Å². The molecule has 12 heteroatoms. The minimum Gasteiger partial charge on any atom is -0.338 e. The topological polar surface area (TPSA) is 124 Å². The lowest BCUT2D eigenvalue weighted by Crippen LogP contribution is -2.30. The van der Waals surface area contributed by atoms with Gasteiger partial charge in [-0.2, -0.15) is 5.10 Å². The summed E-state index contributed by atoms with van der Waals surface area (Å²) in [7, 11) is 1.60. The van der Waals surface area contributed by atoms with Gasteiger partial charge in [-0.15, -0.1) is 16.4 Å². The van der Waals surface area contributed by atoms with E-state index in [-0.39, 0.29) is 23.1 Å². The van der Waals surface area contributed by atoms with Gasteiger partial charge in [0, 0.05) is 20.1 Å². The number of carbonyl (C=O) groups is 1. The van der Waals surface area contributed by atoms with E-state index in [2.05, 4.69) is 20.2 Å². The SMILES string of the molecule is CCN(CC)C(=O)c1sc2ncn3nc(-c4nn(C)cc4[N+](=O)[O-])nc3c2c1C. The van der Waals surface area contributed by atoms with E-state index in [1.807, 2.05) is 20.8 Å². The van der Waals surface area contributed by atoms with Crippen LogP contribution in [-0.4, -0.2) is 58.2 Å². The van der Waals surface area contributed by atoms with Crippen molar-refractivity contribution in [3.05, 3.63) is 33.1 Å². The predicted octanol–water partition coefficient (Wildman–Crippen LogP) is 2.44. The zero-order chi connectivity index (χ0) is 20.9. The second kappa shape index (κ2) is 6.88. The van der Waals surface area contributed by atoms with Crippen molar-refractivity contribution >= 4 is 38.8 Å². The van der Waals surface area contributed by atoms with Crippen LogP contribution in [0.4, 0.5) is 5.69 Å². The van der Waals surface area contributed by atoms with Crippen LogP contribution in [0.1, 0.15) is 29.1 Å². The fraction of sp³-hybridized carbons (Fsp3) is 0.353. The third-order valence-corrected chi connectivity index (χ3v) is 5.92. The molecule has 0 atom stereocenters.